The standard InChI is InChI=1S/C20H17ClFN5O4S/c1-2-9-26-18(11-31-17-8-7-13(22)10-14(17)21)24-25-20(26)32-12-19(28)23-15-5-3-4-6-16(15)27(29)30/h2-8,10H,1,9,11-12H2,(H,23,28). The number of para-hydroxylation sites is 2. The molecule has 0 aliphatic rings. The van der Waals surface area contributed by atoms with E-state index in [0.29, 0.717) is 23.3 Å². The Labute approximate surface area is 191 Å². The summed E-state index contributed by atoms with van der Waals surface area (Å²) in [7, 11) is 0. The van der Waals surface area contributed by atoms with Crippen LogP contribution in [0.3, 0.4) is 0 Å². The van der Waals surface area contributed by atoms with Crippen LogP contribution in [0.25, 0.3) is 0 Å². The van der Waals surface area contributed by atoms with Crippen molar-refractivity contribution in [3.8, 4) is 5.75 Å². The van der Waals surface area contributed by atoms with Crippen molar-refractivity contribution < 1.29 is 18.8 Å². The lowest BCUT2D eigenvalue weighted by Crippen LogP contribution is -2.16. The highest BCUT2D eigenvalue weighted by Crippen LogP contribution is 2.27. The number of halogens is 2. The van der Waals surface area contributed by atoms with Gasteiger partial charge in [0.05, 0.1) is 15.7 Å². The summed E-state index contributed by atoms with van der Waals surface area (Å²) in [6.45, 7) is 4.07. The molecule has 1 N–H and O–H groups in total. The van der Waals surface area contributed by atoms with Crippen LogP contribution in [0.4, 0.5) is 15.8 Å². The Kier molecular flexibility index (Phi) is 7.79. The van der Waals surface area contributed by atoms with Crippen molar-refractivity contribution in [3.05, 3.63) is 81.9 Å². The minimum Gasteiger partial charge on any atom is -0.484 e. The SMILES string of the molecule is C=CCn1c(COc2ccc(F)cc2Cl)nnc1SCC(=O)Nc1ccccc1[N+](=O)[O-]. The molecule has 3 aromatic rings. The molecular formula is C20H17ClFN5O4S. The number of benzene rings is 2. The fraction of sp³-hybridized carbons (Fsp3) is 0.150. The first-order valence-corrected chi connectivity index (χ1v) is 10.5. The van der Waals surface area contributed by atoms with Crippen LogP contribution in [0.2, 0.25) is 5.02 Å². The third kappa shape index (κ3) is 5.83. The number of nitrogens with zero attached hydrogens (tertiary/aromatic N) is 4. The highest BCUT2D eigenvalue weighted by Gasteiger charge is 2.17. The van der Waals surface area contributed by atoms with E-state index in [4.69, 9.17) is 16.3 Å². The van der Waals surface area contributed by atoms with Gasteiger partial charge in [-0.25, -0.2) is 4.39 Å². The Bertz CT molecular complexity index is 1160. The van der Waals surface area contributed by atoms with Gasteiger partial charge in [0.1, 0.15) is 23.9 Å². The number of amides is 1. The number of hydrogen-bond acceptors (Lipinski definition) is 7. The van der Waals surface area contributed by atoms with Gasteiger partial charge in [0, 0.05) is 12.6 Å². The molecule has 0 saturated heterocycles. The number of carbonyl (C=O) groups is 1. The minimum atomic E-state index is -0.566. The molecule has 1 amide bonds. The van der Waals surface area contributed by atoms with Crippen molar-refractivity contribution in [3.63, 3.8) is 0 Å². The second-order valence-electron chi connectivity index (χ2n) is 6.27. The monoisotopic (exact) mass is 477 g/mol. The largest absolute Gasteiger partial charge is 0.484 e. The van der Waals surface area contributed by atoms with Crippen LogP contribution >= 0.6 is 23.4 Å². The number of ether oxygens (including phenoxy) is 1. The third-order valence-corrected chi connectivity index (χ3v) is 5.33. The Morgan fingerprint density at radius 2 is 2.12 bits per heavy atom. The van der Waals surface area contributed by atoms with Crippen LogP contribution in [-0.2, 0) is 17.9 Å². The number of hydrogen-bond donors (Lipinski definition) is 1. The van der Waals surface area contributed by atoms with Gasteiger partial charge in [-0.3, -0.25) is 19.5 Å². The van der Waals surface area contributed by atoms with Crippen LogP contribution < -0.4 is 10.1 Å². The molecule has 9 nitrogen and oxygen atoms in total. The molecule has 0 radical (unpaired) electrons. The highest BCUT2D eigenvalue weighted by molar-refractivity contribution is 7.99. The van der Waals surface area contributed by atoms with Gasteiger partial charge in [-0.2, -0.15) is 0 Å². The zero-order valence-electron chi connectivity index (χ0n) is 16.5. The van der Waals surface area contributed by atoms with Crippen molar-refractivity contribution in [2.75, 3.05) is 11.1 Å². The Hall–Kier alpha value is -3.44. The normalized spacial score (nSPS) is 10.6. The molecule has 2 aromatic carbocycles. The van der Waals surface area contributed by atoms with Crippen LogP contribution in [0, 0.1) is 15.9 Å². The van der Waals surface area contributed by atoms with Gasteiger partial charge in [0.2, 0.25) is 5.91 Å². The number of nitro groups is 1. The lowest BCUT2D eigenvalue weighted by atomic mass is 10.2. The van der Waals surface area contributed by atoms with Crippen molar-refractivity contribution in [2.24, 2.45) is 0 Å². The predicted molar refractivity (Wildman–Crippen MR) is 118 cm³/mol. The lowest BCUT2D eigenvalue weighted by Gasteiger charge is -2.10. The van der Waals surface area contributed by atoms with Gasteiger partial charge in [0.15, 0.2) is 11.0 Å². The van der Waals surface area contributed by atoms with E-state index >= 15 is 0 Å². The van der Waals surface area contributed by atoms with E-state index in [1.807, 2.05) is 0 Å². The first-order valence-electron chi connectivity index (χ1n) is 9.16. The van der Waals surface area contributed by atoms with Crippen molar-refractivity contribution in [2.45, 2.75) is 18.3 Å². The molecule has 1 aromatic heterocycles. The van der Waals surface area contributed by atoms with Gasteiger partial charge >= 0.3 is 0 Å². The van der Waals surface area contributed by atoms with E-state index in [1.165, 1.54) is 30.3 Å². The van der Waals surface area contributed by atoms with E-state index < -0.39 is 16.6 Å². The minimum absolute atomic E-state index is 0.00909. The van der Waals surface area contributed by atoms with Gasteiger partial charge in [-0.05, 0) is 24.3 Å². The zero-order chi connectivity index (χ0) is 23.1. The van der Waals surface area contributed by atoms with Gasteiger partial charge in [0.25, 0.3) is 5.69 Å². The Balaban J connectivity index is 1.65. The molecule has 32 heavy (non-hydrogen) atoms. The molecular weight excluding hydrogens is 461 g/mol. The van der Waals surface area contributed by atoms with E-state index in [1.54, 1.807) is 16.7 Å². The predicted octanol–water partition coefficient (Wildman–Crippen LogP) is 4.47. The molecule has 166 valence electrons. The number of thioether (sulfide) groups is 1. The summed E-state index contributed by atoms with van der Waals surface area (Å²) in [5, 5.41) is 22.3. The summed E-state index contributed by atoms with van der Waals surface area (Å²) < 4.78 is 20.5. The van der Waals surface area contributed by atoms with Crippen molar-refractivity contribution >= 4 is 40.6 Å². The van der Waals surface area contributed by atoms with E-state index in [-0.39, 0.29) is 28.8 Å². The highest BCUT2D eigenvalue weighted by atomic mass is 35.5. The molecule has 1 heterocycles. The van der Waals surface area contributed by atoms with Crippen LogP contribution in [0.15, 0.2) is 60.3 Å². The fourth-order valence-electron chi connectivity index (χ4n) is 2.63. The molecule has 0 aliphatic carbocycles. The fourth-order valence-corrected chi connectivity index (χ4v) is 3.62. The first-order chi connectivity index (χ1) is 15.4. The quantitative estimate of drug-likeness (QED) is 0.198. The molecule has 12 heteroatoms. The second-order valence-corrected chi connectivity index (χ2v) is 7.62. The third-order valence-electron chi connectivity index (χ3n) is 4.06. The average molecular weight is 478 g/mol. The van der Waals surface area contributed by atoms with Gasteiger partial charge in [-0.15, -0.1) is 16.8 Å². The molecule has 0 unspecified atom stereocenters. The number of nitrogens with one attached hydrogen (secondary N) is 1. The maximum atomic E-state index is 13.2. The second kappa shape index (κ2) is 10.7. The summed E-state index contributed by atoms with van der Waals surface area (Å²) in [6, 6.07) is 9.66. The average Bonchev–Trinajstić information content (AvgIpc) is 3.14. The molecule has 0 bridgehead atoms. The van der Waals surface area contributed by atoms with Gasteiger partial charge < -0.3 is 10.1 Å². The molecule has 0 saturated carbocycles. The van der Waals surface area contributed by atoms with Crippen molar-refractivity contribution in [1.29, 1.82) is 0 Å². The zero-order valence-corrected chi connectivity index (χ0v) is 18.1. The number of anilines is 1. The van der Waals surface area contributed by atoms with Crippen molar-refractivity contribution in [1.82, 2.24) is 14.8 Å². The van der Waals surface area contributed by atoms with Crippen LogP contribution in [0.1, 0.15) is 5.82 Å². The summed E-state index contributed by atoms with van der Waals surface area (Å²) in [5.74, 6) is -0.221. The first kappa shape index (κ1) is 23.2. The molecule has 0 spiro atoms. The number of rotatable bonds is 10. The molecule has 0 aliphatic heterocycles. The summed E-state index contributed by atoms with van der Waals surface area (Å²) in [6.07, 6.45) is 1.63. The topological polar surface area (TPSA) is 112 Å². The number of aromatic nitrogens is 3. The maximum absolute atomic E-state index is 13.2. The smallest absolute Gasteiger partial charge is 0.292 e. The Morgan fingerprint density at radius 1 is 1.34 bits per heavy atom. The van der Waals surface area contributed by atoms with E-state index in [2.05, 4.69) is 22.1 Å². The molecule has 3 rings (SSSR count). The Morgan fingerprint density at radius 3 is 2.84 bits per heavy atom. The molecule has 0 fully saturated rings. The number of allylic oxidation sites excluding steroid dienone is 1. The van der Waals surface area contributed by atoms with Gasteiger partial charge in [-0.1, -0.05) is 41.6 Å². The van der Waals surface area contributed by atoms with E-state index in [9.17, 15) is 19.3 Å². The van der Waals surface area contributed by atoms with Crippen LogP contribution in [-0.4, -0.2) is 31.3 Å². The summed E-state index contributed by atoms with van der Waals surface area (Å²) >= 11 is 7.07. The van der Waals surface area contributed by atoms with E-state index in [0.717, 1.165) is 17.8 Å². The lowest BCUT2D eigenvalue weighted by molar-refractivity contribution is -0.383. The summed E-state index contributed by atoms with van der Waals surface area (Å²) in [4.78, 5) is 22.8. The summed E-state index contributed by atoms with van der Waals surface area (Å²) in [5.41, 5.74) is -0.0829. The molecule has 0 atom stereocenters. The van der Waals surface area contributed by atoms with Crippen LogP contribution in [0.5, 0.6) is 5.75 Å². The maximum Gasteiger partial charge on any atom is 0.292 e. The number of carbonyl (C=O) groups excluding carboxylic acids is 1. The number of nitro benzene ring substituents is 1.